The zero-order valence-corrected chi connectivity index (χ0v) is 15.1. The topological polar surface area (TPSA) is 80.5 Å². The lowest BCUT2D eigenvalue weighted by Gasteiger charge is -2.24. The highest BCUT2D eigenvalue weighted by Gasteiger charge is 2.45. The van der Waals surface area contributed by atoms with Gasteiger partial charge in [-0.25, -0.2) is 8.42 Å². The number of thiophene rings is 1. The minimum Gasteiger partial charge on any atom is -0.360 e. The van der Waals surface area contributed by atoms with Crippen molar-refractivity contribution in [3.8, 4) is 0 Å². The van der Waals surface area contributed by atoms with Gasteiger partial charge in [0, 0.05) is 31.3 Å². The molecule has 0 N–H and O–H groups in total. The van der Waals surface area contributed by atoms with Gasteiger partial charge in [0.05, 0.1) is 4.92 Å². The van der Waals surface area contributed by atoms with Crippen molar-refractivity contribution in [1.29, 1.82) is 0 Å². The molecule has 24 heavy (non-hydrogen) atoms. The molecular formula is C16H18N2O4S2. The highest BCUT2D eigenvalue weighted by Crippen LogP contribution is 2.50. The van der Waals surface area contributed by atoms with Crippen molar-refractivity contribution in [2.45, 2.75) is 22.5 Å². The van der Waals surface area contributed by atoms with Gasteiger partial charge in [-0.1, -0.05) is 41.7 Å². The molecule has 0 radical (unpaired) electrons. The minimum atomic E-state index is -3.46. The van der Waals surface area contributed by atoms with Gasteiger partial charge in [0.25, 0.3) is 0 Å². The molecule has 6 nitrogen and oxygen atoms in total. The second kappa shape index (κ2) is 5.86. The molecular weight excluding hydrogens is 348 g/mol. The SMILES string of the molecule is CN(CC1(c2ccccc2)CC1)c1sc(S(C)(=O)=O)cc1[N+](=O)[O-]. The zero-order chi connectivity index (χ0) is 17.5. The van der Waals surface area contributed by atoms with Crippen LogP contribution in [0.1, 0.15) is 18.4 Å². The fourth-order valence-electron chi connectivity index (χ4n) is 2.94. The van der Waals surface area contributed by atoms with Crippen LogP contribution in [-0.4, -0.2) is 33.2 Å². The molecule has 8 heteroatoms. The molecule has 0 saturated heterocycles. The first-order valence-corrected chi connectivity index (χ1v) is 10.2. The summed E-state index contributed by atoms with van der Waals surface area (Å²) in [6, 6.07) is 11.3. The fraction of sp³-hybridized carbons (Fsp3) is 0.375. The first kappa shape index (κ1) is 16.9. The van der Waals surface area contributed by atoms with Gasteiger partial charge >= 0.3 is 5.69 Å². The zero-order valence-electron chi connectivity index (χ0n) is 13.4. The summed E-state index contributed by atoms with van der Waals surface area (Å²) < 4.78 is 23.5. The molecule has 1 aromatic carbocycles. The maximum absolute atomic E-state index is 11.7. The molecule has 0 amide bonds. The third kappa shape index (κ3) is 3.16. The number of nitro groups is 1. The number of sulfone groups is 1. The Labute approximate surface area is 144 Å². The first-order chi connectivity index (χ1) is 11.2. The fourth-order valence-corrected chi connectivity index (χ4v) is 4.93. The number of likely N-dealkylation sites (N-methyl/N-ethyl adjacent to an activating group) is 1. The molecule has 1 saturated carbocycles. The smallest absolute Gasteiger partial charge is 0.304 e. The van der Waals surface area contributed by atoms with E-state index in [-0.39, 0.29) is 15.3 Å². The lowest BCUT2D eigenvalue weighted by Crippen LogP contribution is -2.28. The second-order valence-corrected chi connectivity index (χ2v) is 9.56. The van der Waals surface area contributed by atoms with E-state index >= 15 is 0 Å². The average molecular weight is 366 g/mol. The van der Waals surface area contributed by atoms with E-state index < -0.39 is 14.8 Å². The summed E-state index contributed by atoms with van der Waals surface area (Å²) in [6.07, 6.45) is 3.12. The van der Waals surface area contributed by atoms with E-state index in [1.54, 1.807) is 7.05 Å². The monoisotopic (exact) mass is 366 g/mol. The Morgan fingerprint density at radius 1 is 1.29 bits per heavy atom. The van der Waals surface area contributed by atoms with Crippen LogP contribution in [0.15, 0.2) is 40.6 Å². The van der Waals surface area contributed by atoms with Crippen molar-refractivity contribution in [1.82, 2.24) is 0 Å². The lowest BCUT2D eigenvalue weighted by atomic mass is 9.95. The van der Waals surface area contributed by atoms with E-state index in [1.807, 2.05) is 23.1 Å². The van der Waals surface area contributed by atoms with E-state index in [4.69, 9.17) is 0 Å². The predicted molar refractivity (Wildman–Crippen MR) is 94.7 cm³/mol. The van der Waals surface area contributed by atoms with Crippen LogP contribution >= 0.6 is 11.3 Å². The number of anilines is 1. The molecule has 128 valence electrons. The van der Waals surface area contributed by atoms with Crippen molar-refractivity contribution in [3.05, 3.63) is 52.1 Å². The molecule has 2 aromatic rings. The molecule has 1 heterocycles. The Bertz CT molecular complexity index is 871. The summed E-state index contributed by atoms with van der Waals surface area (Å²) in [4.78, 5) is 12.6. The summed E-state index contributed by atoms with van der Waals surface area (Å²) in [7, 11) is -1.68. The van der Waals surface area contributed by atoms with Crippen LogP contribution in [0, 0.1) is 10.1 Å². The number of rotatable bonds is 6. The molecule has 1 aliphatic carbocycles. The molecule has 1 fully saturated rings. The van der Waals surface area contributed by atoms with Crippen molar-refractivity contribution in [2.24, 2.45) is 0 Å². The first-order valence-electron chi connectivity index (χ1n) is 7.48. The Balaban J connectivity index is 1.92. The molecule has 0 aliphatic heterocycles. The van der Waals surface area contributed by atoms with Gasteiger partial charge in [0.15, 0.2) is 14.8 Å². The highest BCUT2D eigenvalue weighted by atomic mass is 32.2. The van der Waals surface area contributed by atoms with Crippen molar-refractivity contribution < 1.29 is 13.3 Å². The number of nitrogens with zero attached hydrogens (tertiary/aromatic N) is 2. The van der Waals surface area contributed by atoms with Gasteiger partial charge < -0.3 is 4.90 Å². The van der Waals surface area contributed by atoms with Crippen molar-refractivity contribution in [3.63, 3.8) is 0 Å². The average Bonchev–Trinajstić information content (AvgIpc) is 3.13. The third-order valence-corrected chi connectivity index (χ3v) is 7.40. The number of benzene rings is 1. The predicted octanol–water partition coefficient (Wildman–Crippen LogP) is 3.23. The number of hydrogen-bond acceptors (Lipinski definition) is 6. The lowest BCUT2D eigenvalue weighted by molar-refractivity contribution is -0.383. The normalized spacial score (nSPS) is 15.9. The van der Waals surface area contributed by atoms with E-state index in [2.05, 4.69) is 12.1 Å². The summed E-state index contributed by atoms with van der Waals surface area (Å²) in [5, 5.41) is 11.7. The van der Waals surface area contributed by atoms with Gasteiger partial charge in [0.2, 0.25) is 0 Å². The van der Waals surface area contributed by atoms with Crippen LogP contribution in [0.3, 0.4) is 0 Å². The quantitative estimate of drug-likeness (QED) is 0.579. The molecule has 0 atom stereocenters. The van der Waals surface area contributed by atoms with Gasteiger partial charge in [-0.2, -0.15) is 0 Å². The largest absolute Gasteiger partial charge is 0.360 e. The van der Waals surface area contributed by atoms with E-state index in [0.29, 0.717) is 11.5 Å². The van der Waals surface area contributed by atoms with Crippen molar-refractivity contribution in [2.75, 3.05) is 24.7 Å². The van der Waals surface area contributed by atoms with E-state index in [1.165, 1.54) is 5.56 Å². The van der Waals surface area contributed by atoms with Crippen molar-refractivity contribution >= 4 is 31.9 Å². The summed E-state index contributed by atoms with van der Waals surface area (Å²) in [5.74, 6) is 0. The highest BCUT2D eigenvalue weighted by molar-refractivity contribution is 7.92. The second-order valence-electron chi connectivity index (χ2n) is 6.29. The summed E-state index contributed by atoms with van der Waals surface area (Å²) in [5.41, 5.74) is 1.07. The molecule has 1 aliphatic rings. The van der Waals surface area contributed by atoms with Crippen LogP contribution in [0.25, 0.3) is 0 Å². The molecule has 0 spiro atoms. The summed E-state index contributed by atoms with van der Waals surface area (Å²) in [6.45, 7) is 0.627. The maximum atomic E-state index is 11.7. The van der Waals surface area contributed by atoms with Crippen LogP contribution < -0.4 is 4.90 Å². The third-order valence-electron chi connectivity index (χ3n) is 4.36. The minimum absolute atomic E-state index is 0.000871. The standard InChI is InChI=1S/C16H18N2O4S2/c1-17(11-16(8-9-16)12-6-4-3-5-7-12)15-13(18(19)20)10-14(23-15)24(2,21)22/h3-7,10H,8-9,11H2,1-2H3. The summed E-state index contributed by atoms with van der Waals surface area (Å²) >= 11 is 0.963. The van der Waals surface area contributed by atoms with Gasteiger partial charge in [-0.15, -0.1) is 0 Å². The number of hydrogen-bond donors (Lipinski definition) is 0. The van der Waals surface area contributed by atoms with Gasteiger partial charge in [-0.05, 0) is 18.4 Å². The molecule has 0 bridgehead atoms. The molecule has 3 rings (SSSR count). The van der Waals surface area contributed by atoms with E-state index in [9.17, 15) is 18.5 Å². The Morgan fingerprint density at radius 2 is 1.92 bits per heavy atom. The Hall–Kier alpha value is -1.93. The molecule has 1 aromatic heterocycles. The van der Waals surface area contributed by atoms with E-state index in [0.717, 1.165) is 36.5 Å². The van der Waals surface area contributed by atoms with Gasteiger partial charge in [0.1, 0.15) is 4.21 Å². The van der Waals surface area contributed by atoms with Gasteiger partial charge in [-0.3, -0.25) is 10.1 Å². The van der Waals surface area contributed by atoms with Crippen LogP contribution in [0.5, 0.6) is 0 Å². The van der Waals surface area contributed by atoms with Crippen LogP contribution in [0.4, 0.5) is 10.7 Å². The Kier molecular flexibility index (Phi) is 4.13. The maximum Gasteiger partial charge on any atom is 0.304 e. The van der Waals surface area contributed by atoms with Crippen LogP contribution in [-0.2, 0) is 15.3 Å². The van der Waals surface area contributed by atoms with Crippen LogP contribution in [0.2, 0.25) is 0 Å². The Morgan fingerprint density at radius 3 is 2.42 bits per heavy atom. The molecule has 0 unspecified atom stereocenters.